The van der Waals surface area contributed by atoms with Crippen molar-refractivity contribution in [3.63, 3.8) is 0 Å². The molecule has 2 rings (SSSR count). The highest BCUT2D eigenvalue weighted by atomic mass is 32.1. The van der Waals surface area contributed by atoms with Crippen molar-refractivity contribution in [1.29, 1.82) is 0 Å². The van der Waals surface area contributed by atoms with Crippen LogP contribution < -0.4 is 5.32 Å². The zero-order valence-electron chi connectivity index (χ0n) is 12.5. The summed E-state index contributed by atoms with van der Waals surface area (Å²) in [4.78, 5) is 29.3. The van der Waals surface area contributed by atoms with Gasteiger partial charge < -0.3 is 10.2 Å². The van der Waals surface area contributed by atoms with E-state index < -0.39 is 0 Å². The third-order valence-electron chi connectivity index (χ3n) is 3.19. The van der Waals surface area contributed by atoms with Crippen molar-refractivity contribution in [2.45, 2.75) is 26.4 Å². The van der Waals surface area contributed by atoms with E-state index in [1.165, 1.54) is 18.3 Å². The van der Waals surface area contributed by atoms with Gasteiger partial charge in [-0.25, -0.2) is 4.98 Å². The van der Waals surface area contributed by atoms with Crippen LogP contribution in [0.5, 0.6) is 0 Å². The number of carbonyl (C=O) groups excluding carboxylic acids is 2. The molecule has 0 atom stereocenters. The third-order valence-corrected chi connectivity index (χ3v) is 3.97. The van der Waals surface area contributed by atoms with Gasteiger partial charge >= 0.3 is 0 Å². The van der Waals surface area contributed by atoms with Crippen molar-refractivity contribution in [3.8, 4) is 0 Å². The van der Waals surface area contributed by atoms with Gasteiger partial charge in [0.2, 0.25) is 11.8 Å². The summed E-state index contributed by atoms with van der Waals surface area (Å²) in [5.41, 5.74) is 1.06. The van der Waals surface area contributed by atoms with Crippen molar-refractivity contribution in [2.24, 2.45) is 0 Å². The van der Waals surface area contributed by atoms with E-state index in [1.54, 1.807) is 11.1 Å². The fourth-order valence-electron chi connectivity index (χ4n) is 1.99. The second-order valence-electron chi connectivity index (χ2n) is 4.88. The summed E-state index contributed by atoms with van der Waals surface area (Å²) in [7, 11) is 0. The Labute approximate surface area is 134 Å². The molecule has 0 radical (unpaired) electrons. The van der Waals surface area contributed by atoms with Crippen molar-refractivity contribution >= 4 is 23.2 Å². The molecule has 0 unspecified atom stereocenters. The number of benzene rings is 1. The van der Waals surface area contributed by atoms with Gasteiger partial charge in [0.15, 0.2) is 0 Å². The average molecular weight is 317 g/mol. The largest absolute Gasteiger partial charge is 0.350 e. The highest BCUT2D eigenvalue weighted by Crippen LogP contribution is 2.06. The molecule has 22 heavy (non-hydrogen) atoms. The standard InChI is InChI=1S/C16H19N3O2S/c1-13(20)19(12-14-5-3-2-4-6-14)9-7-15(21)18-11-16-17-8-10-22-16/h2-6,8,10H,7,9,11-12H2,1H3,(H,18,21). The number of hydrogen-bond acceptors (Lipinski definition) is 4. The Kier molecular flexibility index (Phi) is 6.09. The van der Waals surface area contributed by atoms with Crippen LogP contribution in [-0.4, -0.2) is 28.2 Å². The van der Waals surface area contributed by atoms with Gasteiger partial charge in [-0.15, -0.1) is 11.3 Å². The topological polar surface area (TPSA) is 62.3 Å². The fraction of sp³-hybridized carbons (Fsp3) is 0.312. The molecular formula is C16H19N3O2S. The van der Waals surface area contributed by atoms with Crippen LogP contribution in [0.2, 0.25) is 0 Å². The molecule has 1 aromatic carbocycles. The summed E-state index contributed by atoms with van der Waals surface area (Å²) in [5, 5.41) is 5.56. The Balaban J connectivity index is 1.78. The van der Waals surface area contributed by atoms with E-state index in [0.717, 1.165) is 10.6 Å². The first-order valence-electron chi connectivity index (χ1n) is 7.09. The van der Waals surface area contributed by atoms with Crippen LogP contribution in [0.15, 0.2) is 41.9 Å². The maximum absolute atomic E-state index is 11.8. The van der Waals surface area contributed by atoms with Crippen molar-refractivity contribution in [2.75, 3.05) is 6.54 Å². The molecule has 6 heteroatoms. The molecule has 116 valence electrons. The average Bonchev–Trinajstić information content (AvgIpc) is 3.03. The van der Waals surface area contributed by atoms with Crippen molar-refractivity contribution in [3.05, 3.63) is 52.5 Å². The lowest BCUT2D eigenvalue weighted by Gasteiger charge is -2.20. The van der Waals surface area contributed by atoms with Crippen LogP contribution in [0.4, 0.5) is 0 Å². The number of amides is 2. The summed E-state index contributed by atoms with van der Waals surface area (Å²) in [5.74, 6) is -0.105. The van der Waals surface area contributed by atoms with Crippen molar-refractivity contribution in [1.82, 2.24) is 15.2 Å². The summed E-state index contributed by atoms with van der Waals surface area (Å²) in [6.45, 7) is 2.90. The SMILES string of the molecule is CC(=O)N(CCC(=O)NCc1nccs1)Cc1ccccc1. The maximum atomic E-state index is 11.8. The minimum Gasteiger partial charge on any atom is -0.350 e. The maximum Gasteiger partial charge on any atom is 0.222 e. The molecule has 0 spiro atoms. The highest BCUT2D eigenvalue weighted by molar-refractivity contribution is 7.09. The van der Waals surface area contributed by atoms with E-state index in [4.69, 9.17) is 0 Å². The zero-order chi connectivity index (χ0) is 15.8. The minimum atomic E-state index is -0.0745. The van der Waals surface area contributed by atoms with Crippen LogP contribution in [0.25, 0.3) is 0 Å². The predicted molar refractivity (Wildman–Crippen MR) is 86.1 cm³/mol. The molecule has 0 fully saturated rings. The molecule has 0 saturated heterocycles. The van der Waals surface area contributed by atoms with Gasteiger partial charge in [-0.1, -0.05) is 30.3 Å². The number of hydrogen-bond donors (Lipinski definition) is 1. The number of aromatic nitrogens is 1. The lowest BCUT2D eigenvalue weighted by atomic mass is 10.2. The molecule has 0 aliphatic heterocycles. The molecule has 0 aliphatic carbocycles. The normalized spacial score (nSPS) is 10.2. The monoisotopic (exact) mass is 317 g/mol. The summed E-state index contributed by atoms with van der Waals surface area (Å²) < 4.78 is 0. The van der Waals surface area contributed by atoms with Gasteiger partial charge in [-0.3, -0.25) is 9.59 Å². The fourth-order valence-corrected chi connectivity index (χ4v) is 2.55. The van der Waals surface area contributed by atoms with Crippen LogP contribution >= 0.6 is 11.3 Å². The molecule has 2 aromatic rings. The molecular weight excluding hydrogens is 298 g/mol. The number of rotatable bonds is 7. The first-order chi connectivity index (χ1) is 10.6. The Morgan fingerprint density at radius 2 is 2.05 bits per heavy atom. The quantitative estimate of drug-likeness (QED) is 0.851. The molecule has 1 N–H and O–H groups in total. The second kappa shape index (κ2) is 8.29. The number of nitrogens with zero attached hydrogens (tertiary/aromatic N) is 2. The van der Waals surface area contributed by atoms with Gasteiger partial charge in [-0.05, 0) is 5.56 Å². The summed E-state index contributed by atoms with van der Waals surface area (Å²) >= 11 is 1.51. The molecule has 1 aromatic heterocycles. The van der Waals surface area contributed by atoms with E-state index in [9.17, 15) is 9.59 Å². The van der Waals surface area contributed by atoms with E-state index in [-0.39, 0.29) is 18.2 Å². The smallest absolute Gasteiger partial charge is 0.222 e. The molecule has 5 nitrogen and oxygen atoms in total. The minimum absolute atomic E-state index is 0.0309. The van der Waals surface area contributed by atoms with Gasteiger partial charge in [0.05, 0.1) is 6.54 Å². The second-order valence-corrected chi connectivity index (χ2v) is 5.86. The predicted octanol–water partition coefficient (Wildman–Crippen LogP) is 2.20. The molecule has 2 amide bonds. The van der Waals surface area contributed by atoms with Crippen LogP contribution in [0, 0.1) is 0 Å². The van der Waals surface area contributed by atoms with Gasteiger partial charge in [0.25, 0.3) is 0 Å². The Bertz CT molecular complexity index is 599. The molecule has 0 aliphatic rings. The molecule has 1 heterocycles. The lowest BCUT2D eigenvalue weighted by Crippen LogP contribution is -2.33. The van der Waals surface area contributed by atoms with Crippen LogP contribution in [-0.2, 0) is 22.7 Å². The first kappa shape index (κ1) is 16.2. The highest BCUT2D eigenvalue weighted by Gasteiger charge is 2.11. The van der Waals surface area contributed by atoms with Crippen LogP contribution in [0.1, 0.15) is 23.9 Å². The Hall–Kier alpha value is -2.21. The van der Waals surface area contributed by atoms with Gasteiger partial charge in [0.1, 0.15) is 5.01 Å². The van der Waals surface area contributed by atoms with E-state index >= 15 is 0 Å². The van der Waals surface area contributed by atoms with Crippen molar-refractivity contribution < 1.29 is 9.59 Å². The van der Waals surface area contributed by atoms with E-state index in [0.29, 0.717) is 19.6 Å². The van der Waals surface area contributed by atoms with E-state index in [2.05, 4.69) is 10.3 Å². The van der Waals surface area contributed by atoms with Gasteiger partial charge in [-0.2, -0.15) is 0 Å². The first-order valence-corrected chi connectivity index (χ1v) is 7.97. The van der Waals surface area contributed by atoms with Gasteiger partial charge in [0, 0.05) is 38.0 Å². The summed E-state index contributed by atoms with van der Waals surface area (Å²) in [6, 6.07) is 9.76. The lowest BCUT2D eigenvalue weighted by molar-refractivity contribution is -0.130. The van der Waals surface area contributed by atoms with Crippen LogP contribution in [0.3, 0.4) is 0 Å². The third kappa shape index (κ3) is 5.29. The number of nitrogens with one attached hydrogen (secondary N) is 1. The zero-order valence-corrected chi connectivity index (χ0v) is 13.3. The number of thiazole rings is 1. The van der Waals surface area contributed by atoms with E-state index in [1.807, 2.05) is 35.7 Å². The summed E-state index contributed by atoms with van der Waals surface area (Å²) in [6.07, 6.45) is 2.00. The Morgan fingerprint density at radius 1 is 1.27 bits per heavy atom. The Morgan fingerprint density at radius 3 is 2.68 bits per heavy atom. The number of carbonyl (C=O) groups is 2. The molecule has 0 bridgehead atoms. The molecule has 0 saturated carbocycles.